The Balaban J connectivity index is 1.50. The first-order valence-electron chi connectivity index (χ1n) is 8.63. The first-order chi connectivity index (χ1) is 13.0. The summed E-state index contributed by atoms with van der Waals surface area (Å²) in [5.41, 5.74) is 3.09. The van der Waals surface area contributed by atoms with Gasteiger partial charge in [0.2, 0.25) is 0 Å². The van der Waals surface area contributed by atoms with Crippen LogP contribution >= 0.6 is 0 Å². The number of benzene rings is 2. The molecule has 6 heteroatoms. The Hall–Kier alpha value is -2.86. The third-order valence-corrected chi connectivity index (χ3v) is 4.07. The molecule has 3 aromatic rings. The quantitative estimate of drug-likeness (QED) is 0.562. The topological polar surface area (TPSA) is 37.0 Å². The van der Waals surface area contributed by atoms with Crippen LogP contribution in [0.3, 0.4) is 0 Å². The van der Waals surface area contributed by atoms with Crippen LogP contribution in [0.2, 0.25) is 0 Å². The van der Waals surface area contributed by atoms with Crippen molar-refractivity contribution in [2.24, 2.45) is 0 Å². The molecule has 0 bridgehead atoms. The zero-order valence-corrected chi connectivity index (χ0v) is 14.6. The molecule has 0 aliphatic heterocycles. The summed E-state index contributed by atoms with van der Waals surface area (Å²) in [6, 6.07) is 17.2. The lowest BCUT2D eigenvalue weighted by atomic mass is 10.1. The Morgan fingerprint density at radius 3 is 2.33 bits per heavy atom. The number of hydrogen-bond donors (Lipinski definition) is 2. The highest BCUT2D eigenvalue weighted by molar-refractivity contribution is 5.59. The molecule has 2 aromatic carbocycles. The van der Waals surface area contributed by atoms with Crippen molar-refractivity contribution in [3.8, 4) is 0 Å². The van der Waals surface area contributed by atoms with Gasteiger partial charge in [0.15, 0.2) is 0 Å². The lowest BCUT2D eigenvalue weighted by Gasteiger charge is -2.10. The second-order valence-corrected chi connectivity index (χ2v) is 6.19. The van der Waals surface area contributed by atoms with Gasteiger partial charge in [0.25, 0.3) is 0 Å². The highest BCUT2D eigenvalue weighted by Gasteiger charge is 2.30. The minimum Gasteiger partial charge on any atom is -0.355 e. The van der Waals surface area contributed by atoms with Crippen LogP contribution in [-0.2, 0) is 19.1 Å². The molecule has 0 radical (unpaired) electrons. The number of hydrogen-bond acceptors (Lipinski definition) is 3. The molecule has 1 aromatic heterocycles. The molecule has 0 aliphatic rings. The highest BCUT2D eigenvalue weighted by Crippen LogP contribution is 2.29. The van der Waals surface area contributed by atoms with E-state index < -0.39 is 11.7 Å². The third kappa shape index (κ3) is 5.82. The summed E-state index contributed by atoms with van der Waals surface area (Å²) in [6.07, 6.45) is -0.312. The first-order valence-corrected chi connectivity index (χ1v) is 8.63. The Labute approximate surface area is 156 Å². The predicted molar refractivity (Wildman–Crippen MR) is 101 cm³/mol. The summed E-state index contributed by atoms with van der Waals surface area (Å²) in [5, 5.41) is 6.59. The molecule has 1 heterocycles. The summed E-state index contributed by atoms with van der Waals surface area (Å²) in [6.45, 7) is 1.24. The molecular weight excluding hydrogens is 351 g/mol. The largest absolute Gasteiger partial charge is 0.416 e. The van der Waals surface area contributed by atoms with Crippen molar-refractivity contribution in [1.29, 1.82) is 0 Å². The van der Waals surface area contributed by atoms with E-state index in [4.69, 9.17) is 0 Å². The normalized spacial score (nSPS) is 11.4. The fraction of sp³-hybridized carbons (Fsp3) is 0.190. The molecule has 3 nitrogen and oxygen atoms in total. The van der Waals surface area contributed by atoms with Crippen LogP contribution in [0.1, 0.15) is 16.7 Å². The van der Waals surface area contributed by atoms with Gasteiger partial charge in [-0.1, -0.05) is 30.3 Å². The minimum absolute atomic E-state index is 0.541. The molecule has 0 fully saturated rings. The van der Waals surface area contributed by atoms with Gasteiger partial charge in [0, 0.05) is 30.3 Å². The Morgan fingerprint density at radius 2 is 1.56 bits per heavy atom. The molecule has 0 spiro atoms. The van der Waals surface area contributed by atoms with E-state index >= 15 is 0 Å². The summed E-state index contributed by atoms with van der Waals surface area (Å²) in [7, 11) is 0. The van der Waals surface area contributed by atoms with Gasteiger partial charge >= 0.3 is 6.18 Å². The van der Waals surface area contributed by atoms with E-state index in [1.54, 1.807) is 18.5 Å². The predicted octanol–water partition coefficient (Wildman–Crippen LogP) is 5.18. The summed E-state index contributed by atoms with van der Waals surface area (Å²) >= 11 is 0. The Kier molecular flexibility index (Phi) is 6.08. The molecule has 0 aliphatic carbocycles. The van der Waals surface area contributed by atoms with Crippen molar-refractivity contribution in [3.05, 3.63) is 89.7 Å². The second kappa shape index (κ2) is 8.68. The standard InChI is InChI=1S/C21H20F3N3/c22-21(23,24)18-5-1-3-16(13-18)7-10-26-15-17-4-2-6-20(14-17)27-19-8-11-25-12-9-19/h1-6,8-9,11-14,26H,7,10,15H2,(H,25,27). The van der Waals surface area contributed by atoms with Crippen molar-refractivity contribution in [2.45, 2.75) is 19.1 Å². The van der Waals surface area contributed by atoms with Gasteiger partial charge < -0.3 is 10.6 Å². The van der Waals surface area contributed by atoms with E-state index in [-0.39, 0.29) is 0 Å². The Morgan fingerprint density at radius 1 is 0.815 bits per heavy atom. The van der Waals surface area contributed by atoms with Crippen LogP contribution in [0.15, 0.2) is 73.1 Å². The molecule has 0 atom stereocenters. The SMILES string of the molecule is FC(F)(F)c1cccc(CCNCc2cccc(Nc3ccncc3)c2)c1. The van der Waals surface area contributed by atoms with Crippen molar-refractivity contribution >= 4 is 11.4 Å². The molecule has 140 valence electrons. The van der Waals surface area contributed by atoms with Crippen LogP contribution in [0.25, 0.3) is 0 Å². The maximum absolute atomic E-state index is 12.7. The molecular formula is C21H20F3N3. The van der Waals surface area contributed by atoms with Gasteiger partial charge in [0.05, 0.1) is 5.56 Å². The number of pyridine rings is 1. The second-order valence-electron chi connectivity index (χ2n) is 6.19. The summed E-state index contributed by atoms with van der Waals surface area (Å²) in [5.74, 6) is 0. The van der Waals surface area contributed by atoms with Crippen LogP contribution in [0.4, 0.5) is 24.5 Å². The highest BCUT2D eigenvalue weighted by atomic mass is 19.4. The van der Waals surface area contributed by atoms with Crippen molar-refractivity contribution in [1.82, 2.24) is 10.3 Å². The number of rotatable bonds is 7. The smallest absolute Gasteiger partial charge is 0.355 e. The van der Waals surface area contributed by atoms with E-state index in [1.165, 1.54) is 12.1 Å². The van der Waals surface area contributed by atoms with Gasteiger partial charge in [-0.05, 0) is 54.4 Å². The zero-order chi connectivity index (χ0) is 19.1. The lowest BCUT2D eigenvalue weighted by molar-refractivity contribution is -0.137. The molecule has 0 saturated heterocycles. The number of nitrogens with one attached hydrogen (secondary N) is 2. The zero-order valence-electron chi connectivity index (χ0n) is 14.6. The monoisotopic (exact) mass is 371 g/mol. The molecule has 0 saturated carbocycles. The van der Waals surface area contributed by atoms with E-state index in [9.17, 15) is 13.2 Å². The van der Waals surface area contributed by atoms with Gasteiger partial charge in [-0.2, -0.15) is 13.2 Å². The first kappa shape index (κ1) is 18.9. The molecule has 0 amide bonds. The van der Waals surface area contributed by atoms with Crippen LogP contribution in [-0.4, -0.2) is 11.5 Å². The molecule has 2 N–H and O–H groups in total. The van der Waals surface area contributed by atoms with Crippen LogP contribution in [0.5, 0.6) is 0 Å². The van der Waals surface area contributed by atoms with Gasteiger partial charge in [-0.15, -0.1) is 0 Å². The maximum atomic E-state index is 12.7. The number of anilines is 2. The average Bonchev–Trinajstić information content (AvgIpc) is 2.66. The van der Waals surface area contributed by atoms with E-state index in [0.29, 0.717) is 25.1 Å². The van der Waals surface area contributed by atoms with Crippen LogP contribution < -0.4 is 10.6 Å². The van der Waals surface area contributed by atoms with E-state index in [1.807, 2.05) is 36.4 Å². The fourth-order valence-corrected chi connectivity index (χ4v) is 2.73. The van der Waals surface area contributed by atoms with Crippen molar-refractivity contribution < 1.29 is 13.2 Å². The third-order valence-electron chi connectivity index (χ3n) is 4.07. The number of halogens is 3. The molecule has 0 unspecified atom stereocenters. The van der Waals surface area contributed by atoms with E-state index in [0.717, 1.165) is 23.0 Å². The fourth-order valence-electron chi connectivity index (χ4n) is 2.73. The lowest BCUT2D eigenvalue weighted by Crippen LogP contribution is -2.17. The number of nitrogens with zero attached hydrogens (tertiary/aromatic N) is 1. The van der Waals surface area contributed by atoms with Crippen LogP contribution in [0, 0.1) is 0 Å². The van der Waals surface area contributed by atoms with Gasteiger partial charge in [-0.25, -0.2) is 0 Å². The Bertz CT molecular complexity index is 864. The molecule has 27 heavy (non-hydrogen) atoms. The maximum Gasteiger partial charge on any atom is 0.416 e. The summed E-state index contributed by atoms with van der Waals surface area (Å²) < 4.78 is 38.2. The number of alkyl halides is 3. The van der Waals surface area contributed by atoms with Crippen molar-refractivity contribution in [2.75, 3.05) is 11.9 Å². The molecule has 3 rings (SSSR count). The van der Waals surface area contributed by atoms with Gasteiger partial charge in [-0.3, -0.25) is 4.98 Å². The van der Waals surface area contributed by atoms with E-state index in [2.05, 4.69) is 15.6 Å². The van der Waals surface area contributed by atoms with Crippen molar-refractivity contribution in [3.63, 3.8) is 0 Å². The van der Waals surface area contributed by atoms with Gasteiger partial charge in [0.1, 0.15) is 0 Å². The average molecular weight is 371 g/mol. The minimum atomic E-state index is -4.30. The number of aromatic nitrogens is 1. The summed E-state index contributed by atoms with van der Waals surface area (Å²) in [4.78, 5) is 3.99.